The van der Waals surface area contributed by atoms with Crippen LogP contribution in [0.15, 0.2) is 55.0 Å². The SMILES string of the molecule is CC(C)c1ncccc1-c1ncc(C=N)c(NCc2ccc(-c3nc(C(F)(F)F)cn3C)cc2)n1. The molecule has 180 valence electrons. The van der Waals surface area contributed by atoms with E-state index in [1.54, 1.807) is 24.5 Å². The lowest BCUT2D eigenvalue weighted by Crippen LogP contribution is -2.07. The van der Waals surface area contributed by atoms with Gasteiger partial charge in [0.25, 0.3) is 0 Å². The van der Waals surface area contributed by atoms with Crippen molar-refractivity contribution in [3.8, 4) is 22.8 Å². The average Bonchev–Trinajstić information content (AvgIpc) is 3.25. The lowest BCUT2D eigenvalue weighted by atomic mass is 10.0. The third kappa shape index (κ3) is 5.21. The van der Waals surface area contributed by atoms with Gasteiger partial charge in [-0.15, -0.1) is 0 Å². The fourth-order valence-corrected chi connectivity index (χ4v) is 3.66. The first-order valence-electron chi connectivity index (χ1n) is 10.9. The van der Waals surface area contributed by atoms with Gasteiger partial charge in [0.15, 0.2) is 11.5 Å². The van der Waals surface area contributed by atoms with Gasteiger partial charge in [-0.3, -0.25) is 4.98 Å². The molecule has 10 heteroatoms. The molecule has 0 aliphatic rings. The minimum absolute atomic E-state index is 0.193. The lowest BCUT2D eigenvalue weighted by molar-refractivity contribution is -0.140. The Hall–Kier alpha value is -4.08. The molecule has 0 amide bonds. The normalized spacial score (nSPS) is 11.6. The molecule has 0 aliphatic heterocycles. The van der Waals surface area contributed by atoms with Gasteiger partial charge in [0.05, 0.1) is 11.3 Å². The number of rotatable bonds is 7. The molecule has 7 nitrogen and oxygen atoms in total. The second-order valence-corrected chi connectivity index (χ2v) is 8.34. The van der Waals surface area contributed by atoms with Crippen LogP contribution in [0.25, 0.3) is 22.8 Å². The Morgan fingerprint density at radius 2 is 1.83 bits per heavy atom. The van der Waals surface area contributed by atoms with Crippen LogP contribution in [0.3, 0.4) is 0 Å². The zero-order valence-corrected chi connectivity index (χ0v) is 19.4. The summed E-state index contributed by atoms with van der Waals surface area (Å²) in [5.41, 5.74) is 2.80. The highest BCUT2D eigenvalue weighted by atomic mass is 19.4. The van der Waals surface area contributed by atoms with Crippen LogP contribution in [-0.4, -0.2) is 30.7 Å². The lowest BCUT2D eigenvalue weighted by Gasteiger charge is -2.13. The molecule has 0 bridgehead atoms. The number of alkyl halides is 3. The maximum absolute atomic E-state index is 13.0. The van der Waals surface area contributed by atoms with Gasteiger partial charge in [0.2, 0.25) is 0 Å². The van der Waals surface area contributed by atoms with Crippen LogP contribution in [0.5, 0.6) is 0 Å². The molecule has 4 aromatic rings. The second-order valence-electron chi connectivity index (χ2n) is 8.34. The van der Waals surface area contributed by atoms with Crippen LogP contribution < -0.4 is 5.32 Å². The van der Waals surface area contributed by atoms with E-state index in [0.29, 0.717) is 29.3 Å². The predicted octanol–water partition coefficient (Wildman–Crippen LogP) is 5.69. The molecule has 0 unspecified atom stereocenters. The molecule has 0 spiro atoms. The molecule has 0 fully saturated rings. The summed E-state index contributed by atoms with van der Waals surface area (Å²) < 4.78 is 40.3. The van der Waals surface area contributed by atoms with Crippen LogP contribution >= 0.6 is 0 Å². The number of nitrogens with one attached hydrogen (secondary N) is 2. The highest BCUT2D eigenvalue weighted by Gasteiger charge is 2.34. The number of aromatic nitrogens is 5. The smallest absolute Gasteiger partial charge is 0.365 e. The third-order valence-electron chi connectivity index (χ3n) is 5.44. The van der Waals surface area contributed by atoms with Crippen molar-refractivity contribution in [3.05, 3.63) is 77.5 Å². The third-order valence-corrected chi connectivity index (χ3v) is 5.44. The number of nitrogens with zero attached hydrogens (tertiary/aromatic N) is 5. The Bertz CT molecular complexity index is 1340. The van der Waals surface area contributed by atoms with Gasteiger partial charge >= 0.3 is 6.18 Å². The van der Waals surface area contributed by atoms with Crippen molar-refractivity contribution in [1.29, 1.82) is 5.41 Å². The summed E-state index contributed by atoms with van der Waals surface area (Å²) in [6.45, 7) is 4.50. The zero-order valence-electron chi connectivity index (χ0n) is 19.4. The Labute approximate surface area is 200 Å². The van der Waals surface area contributed by atoms with Crippen LogP contribution in [0.1, 0.15) is 42.3 Å². The van der Waals surface area contributed by atoms with Crippen molar-refractivity contribution >= 4 is 12.0 Å². The van der Waals surface area contributed by atoms with Gasteiger partial charge in [-0.25, -0.2) is 15.0 Å². The summed E-state index contributed by atoms with van der Waals surface area (Å²) in [7, 11) is 1.53. The summed E-state index contributed by atoms with van der Waals surface area (Å²) >= 11 is 0. The maximum Gasteiger partial charge on any atom is 0.434 e. The van der Waals surface area contributed by atoms with Crippen molar-refractivity contribution in [2.45, 2.75) is 32.5 Å². The van der Waals surface area contributed by atoms with E-state index < -0.39 is 11.9 Å². The molecule has 35 heavy (non-hydrogen) atoms. The van der Waals surface area contributed by atoms with Crippen LogP contribution in [-0.2, 0) is 19.8 Å². The van der Waals surface area contributed by atoms with Gasteiger partial charge in [-0.2, -0.15) is 13.2 Å². The molecule has 0 aliphatic carbocycles. The molecular weight excluding hydrogens is 455 g/mol. The molecule has 3 heterocycles. The van der Waals surface area contributed by atoms with E-state index in [1.807, 2.05) is 24.3 Å². The first-order chi connectivity index (χ1) is 16.7. The maximum atomic E-state index is 13.0. The van der Waals surface area contributed by atoms with Crippen LogP contribution in [0.4, 0.5) is 19.0 Å². The molecule has 4 rings (SSSR count). The van der Waals surface area contributed by atoms with E-state index >= 15 is 0 Å². The van der Waals surface area contributed by atoms with Crippen molar-refractivity contribution in [1.82, 2.24) is 24.5 Å². The van der Waals surface area contributed by atoms with Crippen molar-refractivity contribution < 1.29 is 13.2 Å². The average molecular weight is 480 g/mol. The summed E-state index contributed by atoms with van der Waals surface area (Å²) in [5, 5.41) is 10.9. The molecule has 0 radical (unpaired) electrons. The van der Waals surface area contributed by atoms with Gasteiger partial charge in [-0.1, -0.05) is 38.1 Å². The van der Waals surface area contributed by atoms with Crippen molar-refractivity contribution in [2.75, 3.05) is 5.32 Å². The second kappa shape index (κ2) is 9.65. The number of benzene rings is 1. The molecule has 0 atom stereocenters. The van der Waals surface area contributed by atoms with Crippen molar-refractivity contribution in [2.24, 2.45) is 7.05 Å². The minimum Gasteiger partial charge on any atom is -0.365 e. The molecule has 0 saturated carbocycles. The number of pyridine rings is 1. The van der Waals surface area contributed by atoms with Crippen LogP contribution in [0, 0.1) is 5.41 Å². The van der Waals surface area contributed by atoms with Crippen LogP contribution in [0.2, 0.25) is 0 Å². The topological polar surface area (TPSA) is 92.4 Å². The Balaban J connectivity index is 1.55. The molecule has 0 saturated heterocycles. The fraction of sp³-hybridized carbons (Fsp3) is 0.240. The van der Waals surface area contributed by atoms with Gasteiger partial charge in [-0.05, 0) is 23.6 Å². The van der Waals surface area contributed by atoms with E-state index in [2.05, 4.69) is 39.1 Å². The summed E-state index contributed by atoms with van der Waals surface area (Å²) in [6.07, 6.45) is 0.999. The van der Waals surface area contributed by atoms with E-state index in [0.717, 1.165) is 23.0 Å². The quantitative estimate of drug-likeness (QED) is 0.332. The van der Waals surface area contributed by atoms with E-state index in [4.69, 9.17) is 5.41 Å². The molecule has 1 aromatic carbocycles. The molecule has 2 N–H and O–H groups in total. The standard InChI is InChI=1S/C25H24F3N7/c1-15(2)21-19(5-4-10-30-21)23-32-13-18(11-29)22(34-23)31-12-16-6-8-17(9-7-16)24-33-20(14-35(24)3)25(26,27)28/h4-11,13-15,29H,12H2,1-3H3,(H,31,32,34). The summed E-state index contributed by atoms with van der Waals surface area (Å²) in [6, 6.07) is 10.8. The monoisotopic (exact) mass is 479 g/mol. The van der Waals surface area contributed by atoms with E-state index in [9.17, 15) is 13.2 Å². The number of imidazole rings is 1. The largest absolute Gasteiger partial charge is 0.434 e. The zero-order chi connectivity index (χ0) is 25.2. The molecule has 3 aromatic heterocycles. The fourth-order valence-electron chi connectivity index (χ4n) is 3.66. The molecular formula is C25H24F3N7. The summed E-state index contributed by atoms with van der Waals surface area (Å²) in [4.78, 5) is 17.3. The summed E-state index contributed by atoms with van der Waals surface area (Å²) in [5.74, 6) is 1.45. The number of halogens is 3. The van der Waals surface area contributed by atoms with E-state index in [1.165, 1.54) is 17.8 Å². The highest BCUT2D eigenvalue weighted by Crippen LogP contribution is 2.31. The predicted molar refractivity (Wildman–Crippen MR) is 128 cm³/mol. The van der Waals surface area contributed by atoms with E-state index in [-0.39, 0.29) is 11.7 Å². The Morgan fingerprint density at radius 1 is 1.09 bits per heavy atom. The number of aryl methyl sites for hydroxylation is 1. The van der Waals surface area contributed by atoms with Gasteiger partial charge < -0.3 is 15.3 Å². The number of anilines is 1. The van der Waals surface area contributed by atoms with Crippen molar-refractivity contribution in [3.63, 3.8) is 0 Å². The van der Waals surface area contributed by atoms with Gasteiger partial charge in [0.1, 0.15) is 11.6 Å². The first kappa shape index (κ1) is 24.1. The highest BCUT2D eigenvalue weighted by molar-refractivity contribution is 5.84. The minimum atomic E-state index is -4.49. The Kier molecular flexibility index (Phi) is 6.63. The van der Waals surface area contributed by atoms with Gasteiger partial charge in [0, 0.05) is 49.5 Å². The Morgan fingerprint density at radius 3 is 2.46 bits per heavy atom. The number of hydrogen-bond donors (Lipinski definition) is 2. The first-order valence-corrected chi connectivity index (χ1v) is 10.9. The number of hydrogen-bond acceptors (Lipinski definition) is 6.